The summed E-state index contributed by atoms with van der Waals surface area (Å²) in [5, 5.41) is 25.5. The summed E-state index contributed by atoms with van der Waals surface area (Å²) >= 11 is 0. The average Bonchev–Trinajstić information content (AvgIpc) is 1.67. The Balaban J connectivity index is 0.000000221. The Bertz CT molecular complexity index is 5640. The van der Waals surface area contributed by atoms with Gasteiger partial charge in [0.2, 0.25) is 17.5 Å². The number of methoxy groups -OCH3 is 1. The van der Waals surface area contributed by atoms with Gasteiger partial charge in [-0.05, 0) is 193 Å². The van der Waals surface area contributed by atoms with Crippen molar-refractivity contribution in [2.75, 3.05) is 7.11 Å². The van der Waals surface area contributed by atoms with Gasteiger partial charge in [0.15, 0.2) is 34.6 Å². The normalized spacial score (nSPS) is 9.92. The minimum absolute atomic E-state index is 0.148. The van der Waals surface area contributed by atoms with Gasteiger partial charge in [0, 0.05) is 43.3 Å². The molecule has 0 spiro atoms. The molecule has 634 valence electrons. The molecule has 2 amide bonds. The summed E-state index contributed by atoms with van der Waals surface area (Å²) in [7, 11) is 1.28. The monoisotopic (exact) mass is 1690 g/mol. The van der Waals surface area contributed by atoms with Gasteiger partial charge in [-0.25, -0.2) is 14.6 Å². The molecule has 0 aliphatic rings. The second kappa shape index (κ2) is 53.4. The molecule has 0 bridgehead atoms. The van der Waals surface area contributed by atoms with Crippen LogP contribution in [0.5, 0.6) is 28.7 Å². The predicted molar refractivity (Wildman–Crippen MR) is 441 cm³/mol. The Kier molecular flexibility index (Phi) is 41.2. The maximum atomic E-state index is 11.6. The fourth-order valence-corrected chi connectivity index (χ4v) is 8.68. The molecule has 8 aromatic heterocycles. The van der Waals surface area contributed by atoms with Gasteiger partial charge in [0.05, 0.1) is 7.11 Å². The number of rotatable bonds is 25. The van der Waals surface area contributed by atoms with Gasteiger partial charge in [0.1, 0.15) is 127 Å². The van der Waals surface area contributed by atoms with E-state index in [9.17, 15) is 51.5 Å². The zero-order valence-corrected chi connectivity index (χ0v) is 65.9. The number of nitrogens with two attached hydrogens (primary N) is 2. The van der Waals surface area contributed by atoms with E-state index in [0.29, 0.717) is 95.6 Å². The van der Waals surface area contributed by atoms with Crippen LogP contribution in [-0.4, -0.2) is 85.5 Å². The first-order valence-electron chi connectivity index (χ1n) is 36.1. The van der Waals surface area contributed by atoms with Gasteiger partial charge in [-0.1, -0.05) is 97.6 Å². The lowest BCUT2D eigenvalue weighted by Gasteiger charge is -2.02. The fourth-order valence-electron chi connectivity index (χ4n) is 8.68. The number of nitrogens with one attached hydrogen (secondary N) is 1. The summed E-state index contributed by atoms with van der Waals surface area (Å²) in [6, 6.07) is 70.5. The van der Waals surface area contributed by atoms with Crippen molar-refractivity contribution in [2.24, 2.45) is 11.5 Å². The number of carbonyl (C=O) groups is 8. The molecular weight excluding hydrogens is 1610 g/mol. The number of terminal acetylenes is 1. The number of primary amides is 2. The zero-order chi connectivity index (χ0) is 89.7. The van der Waals surface area contributed by atoms with Crippen molar-refractivity contribution < 1.29 is 126 Å². The third-order valence-corrected chi connectivity index (χ3v) is 14.3. The third-order valence-electron chi connectivity index (χ3n) is 14.3. The van der Waals surface area contributed by atoms with E-state index < -0.39 is 47.3 Å². The molecule has 0 radical (unpaired) electrons. The number of benzene rings is 5. The van der Waals surface area contributed by atoms with Crippen molar-refractivity contribution in [2.45, 2.75) is 59.3 Å². The van der Waals surface area contributed by atoms with E-state index in [1.807, 2.05) is 158 Å². The predicted octanol–water partition coefficient (Wildman–Crippen LogP) is 15.1. The van der Waals surface area contributed by atoms with Crippen LogP contribution in [-0.2, 0) is 75.0 Å². The number of aliphatic hydroxyl groups is 2. The van der Waals surface area contributed by atoms with Crippen molar-refractivity contribution in [3.05, 3.63) is 360 Å². The average molecular weight is 1690 g/mol. The second-order valence-corrected chi connectivity index (χ2v) is 23.6. The molecule has 0 atom stereocenters. The van der Waals surface area contributed by atoms with E-state index in [4.69, 9.17) is 87.8 Å². The molecule has 8 heterocycles. The number of hydrogen-bond acceptors (Lipinski definition) is 24. The summed E-state index contributed by atoms with van der Waals surface area (Å²) in [6.45, 7) is 6.01. The number of allylic oxidation sites excluding steroid dienone is 1. The van der Waals surface area contributed by atoms with E-state index in [-0.39, 0.29) is 42.9 Å². The molecule has 5 aromatic carbocycles. The van der Waals surface area contributed by atoms with Crippen molar-refractivity contribution >= 4 is 59.0 Å². The largest absolute Gasteiger partial charge is 0.486 e. The maximum Gasteiger partial charge on any atom is 0.458 e. The maximum absolute atomic E-state index is 11.6. The fraction of sp³-hybridized carbons (Fsp3) is 0.108. The quantitative estimate of drug-likeness (QED) is 0.0102. The highest BCUT2D eigenvalue weighted by atomic mass is 19.4. The number of esters is 1. The Morgan fingerprint density at radius 2 is 0.831 bits per heavy atom. The molecule has 13 rings (SSSR count). The van der Waals surface area contributed by atoms with Crippen LogP contribution in [0.1, 0.15) is 108 Å². The van der Waals surface area contributed by atoms with E-state index >= 15 is 0 Å². The first-order chi connectivity index (χ1) is 59.8. The lowest BCUT2D eigenvalue weighted by atomic mass is 10.3. The summed E-state index contributed by atoms with van der Waals surface area (Å²) in [4.78, 5) is 90.3. The highest BCUT2D eigenvalue weighted by Crippen LogP contribution is 2.22. The number of nitrogens with zero attached hydrogens (tertiary/aromatic N) is 1. The number of aliphatic hydroxyl groups excluding tert-OH is 2. The molecule has 0 unspecified atom stereocenters. The number of ether oxygens (including phenoxy) is 6. The smallest absolute Gasteiger partial charge is 0.458 e. The zero-order valence-electron chi connectivity index (χ0n) is 65.9. The summed E-state index contributed by atoms with van der Waals surface area (Å²) < 4.78 is 103. The van der Waals surface area contributed by atoms with Crippen LogP contribution in [0.3, 0.4) is 0 Å². The molecule has 0 saturated carbocycles. The van der Waals surface area contributed by atoms with Crippen LogP contribution < -0.4 is 35.2 Å². The summed E-state index contributed by atoms with van der Waals surface area (Å²) in [6.07, 6.45) is 8.53. The topological polar surface area (TPSA) is 425 Å². The molecular formula is C93H77F3N4O24. The van der Waals surface area contributed by atoms with Crippen molar-refractivity contribution in [1.82, 2.24) is 9.97 Å². The van der Waals surface area contributed by atoms with Gasteiger partial charge < -0.3 is 91.1 Å². The summed E-state index contributed by atoms with van der Waals surface area (Å²) in [5.74, 6) is 20.7. The number of furan rings is 7. The van der Waals surface area contributed by atoms with E-state index in [0.717, 1.165) is 47.2 Å². The first kappa shape index (κ1) is 95.8. The Labute approximate surface area is 706 Å². The minimum Gasteiger partial charge on any atom is -0.486 e. The molecule has 28 nitrogen and oxygen atoms in total. The number of Topliss-reactive ketones (excluding diaryl/α,β-unsaturated/α-hetero) is 3. The number of amides is 2. The number of ketones is 4. The molecule has 0 fully saturated rings. The van der Waals surface area contributed by atoms with E-state index in [1.54, 1.807) is 84.9 Å². The van der Waals surface area contributed by atoms with E-state index in [1.165, 1.54) is 38.3 Å². The van der Waals surface area contributed by atoms with Gasteiger partial charge >= 0.3 is 23.9 Å². The third kappa shape index (κ3) is 38.8. The second-order valence-electron chi connectivity index (χ2n) is 23.6. The lowest BCUT2D eigenvalue weighted by Crippen LogP contribution is -2.23. The molecule has 0 saturated heterocycles. The lowest BCUT2D eigenvalue weighted by molar-refractivity contribution is -0.134. The van der Waals surface area contributed by atoms with Crippen LogP contribution in [0.4, 0.5) is 13.2 Å². The molecule has 0 aliphatic heterocycles. The van der Waals surface area contributed by atoms with Gasteiger partial charge in [-0.3, -0.25) is 28.8 Å². The molecule has 31 heteroatoms. The SMILES string of the molecule is C#CC(=O)c1ccc(COc2ccccc2)o1.C=CC(=O)c1ccc(COc2ccccc2)o1.CC(=O)C#Cc1ccc(COc2ccccc2)o1.COC(=O)C#Cc1ccc(COc2ccccc2)o1.NC(=O)/C=C/c1ccc(CO)o1.NC(=O)C#Cc1ccc(COc2ccccc2)o1.O=C(O)/C=C/c1ccc(CO)o1.O=C(c1ncc[nH]1)C(F)(F)F. The molecule has 0 aliphatic carbocycles. The Morgan fingerprint density at radius 3 is 1.15 bits per heavy atom. The van der Waals surface area contributed by atoms with Crippen molar-refractivity contribution in [3.63, 3.8) is 0 Å². The number of aromatic amines is 1. The summed E-state index contributed by atoms with van der Waals surface area (Å²) in [5.41, 5.74) is 9.77. The Morgan fingerprint density at radius 1 is 0.476 bits per heavy atom. The van der Waals surface area contributed by atoms with Crippen LogP contribution in [0.15, 0.2) is 305 Å². The number of carboxylic acid groups (broad SMARTS) is 1. The van der Waals surface area contributed by atoms with Gasteiger partial charge in [0.25, 0.3) is 11.7 Å². The number of aliphatic carboxylic acids is 1. The van der Waals surface area contributed by atoms with Crippen LogP contribution in [0, 0.1) is 47.9 Å². The highest BCUT2D eigenvalue weighted by molar-refractivity contribution is 6.06. The molecule has 8 N–H and O–H groups in total. The standard InChI is InChI=1S/C15H12O4.C15H12O3.C14H11NO3.C14H12O3.C14H10O3.C8H9NO3.C8H8O4.C5H3F3N2O/c1-17-15(16)10-9-13-7-8-14(19-13)11-18-12-5-3-2-4-6-12;1-12(16)7-8-14-9-10-15(18-14)11-17-13-5-3-2-4-6-13;15-14(16)9-8-12-6-7-13(18-12)10-17-11-4-2-1-3-5-11;2*1-2-13(15)14-9-8-12(17-14)10-16-11-6-4-3-5-7-11;9-8(11)4-3-6-1-2-7(5-10)12-6;9-5-7-2-1-6(12-7)3-4-8(10)11;6-5(7,8)3(11)4-9-1-2-10-4/h2-8H,11H2,1H3;2-6,9-10H,11H2,1H3;1-7H,10H2,(H2,15,16);2-9H,1,10H2;1,3-9H,10H2;1-4,10H,5H2,(H2,9,11);1-4,9H,5H2,(H,10,11);1-2H,(H,9,10)/b;;;;;2*4-3+;. The molecule has 124 heavy (non-hydrogen) atoms. The van der Waals surface area contributed by atoms with Crippen molar-refractivity contribution in [3.8, 4) is 76.6 Å². The Hall–Kier alpha value is -17.0. The number of hydrogen-bond donors (Lipinski definition) is 6. The first-order valence-corrected chi connectivity index (χ1v) is 36.1. The molecule has 13 aromatic rings. The van der Waals surface area contributed by atoms with Crippen molar-refractivity contribution in [1.29, 1.82) is 0 Å². The number of H-pyrrole nitrogens is 1. The number of carbonyl (C=O) groups excluding carboxylic acids is 7. The number of imidazole rings is 1. The van der Waals surface area contributed by atoms with Crippen LogP contribution in [0.2, 0.25) is 0 Å². The number of carboxylic acids is 1. The van der Waals surface area contributed by atoms with E-state index in [2.05, 4.69) is 56.8 Å². The number of halogens is 3. The minimum atomic E-state index is -4.85. The van der Waals surface area contributed by atoms with Crippen LogP contribution >= 0.6 is 0 Å². The highest BCUT2D eigenvalue weighted by Gasteiger charge is 2.41. The van der Waals surface area contributed by atoms with Gasteiger partial charge in [-0.15, -0.1) is 6.42 Å². The van der Waals surface area contributed by atoms with Gasteiger partial charge in [-0.2, -0.15) is 13.2 Å². The number of alkyl halides is 3. The number of para-hydroxylation sites is 5. The van der Waals surface area contributed by atoms with Crippen LogP contribution in [0.25, 0.3) is 12.2 Å². The number of aromatic nitrogens is 2.